The fourth-order valence-corrected chi connectivity index (χ4v) is 3.19. The molecule has 0 amide bonds. The van der Waals surface area contributed by atoms with Crippen LogP contribution in [-0.2, 0) is 9.53 Å². The predicted molar refractivity (Wildman–Crippen MR) is 88.4 cm³/mol. The van der Waals surface area contributed by atoms with Gasteiger partial charge in [0.05, 0.1) is 20.0 Å². The average molecular weight is 366 g/mol. The fourth-order valence-electron chi connectivity index (χ4n) is 3.19. The van der Waals surface area contributed by atoms with Crippen molar-refractivity contribution in [3.63, 3.8) is 0 Å². The van der Waals surface area contributed by atoms with Crippen molar-refractivity contribution in [2.75, 3.05) is 13.7 Å². The lowest BCUT2D eigenvalue weighted by molar-refractivity contribution is -0.158. The molecule has 0 aliphatic carbocycles. The lowest BCUT2D eigenvalue weighted by atomic mass is 9.87. The van der Waals surface area contributed by atoms with Gasteiger partial charge < -0.3 is 24.8 Å². The van der Waals surface area contributed by atoms with Gasteiger partial charge in [-0.25, -0.2) is 9.97 Å². The first-order chi connectivity index (χ1) is 12.5. The molecule has 142 valence electrons. The Balaban J connectivity index is 2.08. The summed E-state index contributed by atoms with van der Waals surface area (Å²) < 4.78 is 12.1. The minimum Gasteiger partial charge on any atom is -0.479 e. The molecule has 1 aliphatic heterocycles. The Bertz CT molecular complexity index is 796. The number of carbonyl (C=O) groups is 1. The highest BCUT2D eigenvalue weighted by Crippen LogP contribution is 2.41. The number of aliphatic hydroxyl groups excluding tert-OH is 2. The highest BCUT2D eigenvalue weighted by Gasteiger charge is 2.60. The number of unbranched alkanes of at least 4 members (excludes halogenated alkanes) is 1. The van der Waals surface area contributed by atoms with Crippen LogP contribution in [0.15, 0.2) is 12.7 Å². The summed E-state index contributed by atoms with van der Waals surface area (Å²) in [6.07, 6.45) is -0.00415. The van der Waals surface area contributed by atoms with Crippen LogP contribution < -0.4 is 4.74 Å². The summed E-state index contributed by atoms with van der Waals surface area (Å²) in [5.41, 5.74) is -1.63. The second-order valence-corrected chi connectivity index (χ2v) is 6.21. The van der Waals surface area contributed by atoms with Crippen molar-refractivity contribution in [1.29, 1.82) is 0 Å². The number of hydrogen-bond donors (Lipinski definition) is 3. The van der Waals surface area contributed by atoms with Crippen molar-refractivity contribution in [3.8, 4) is 5.88 Å². The van der Waals surface area contributed by atoms with E-state index in [4.69, 9.17) is 9.47 Å². The van der Waals surface area contributed by atoms with Crippen LogP contribution in [0.1, 0.15) is 32.4 Å². The molecule has 1 saturated heterocycles. The summed E-state index contributed by atoms with van der Waals surface area (Å²) in [6.45, 7) is 1.37. The van der Waals surface area contributed by atoms with E-state index in [1.165, 1.54) is 24.3 Å². The molecule has 0 spiro atoms. The van der Waals surface area contributed by atoms with E-state index in [9.17, 15) is 20.1 Å². The van der Waals surface area contributed by atoms with Gasteiger partial charge in [-0.2, -0.15) is 4.98 Å². The third kappa shape index (κ3) is 2.75. The van der Waals surface area contributed by atoms with E-state index in [1.54, 1.807) is 0 Å². The lowest BCUT2D eigenvalue weighted by Gasteiger charge is -2.30. The van der Waals surface area contributed by atoms with Crippen LogP contribution in [0.5, 0.6) is 5.88 Å². The maximum Gasteiger partial charge on any atom is 0.245 e. The van der Waals surface area contributed by atoms with Gasteiger partial charge in [0, 0.05) is 6.42 Å². The van der Waals surface area contributed by atoms with E-state index in [1.807, 2.05) is 6.92 Å². The molecular formula is C16H22N4O6. The number of ether oxygens (including phenoxy) is 2. The highest BCUT2D eigenvalue weighted by molar-refractivity contribution is 5.89. The van der Waals surface area contributed by atoms with Crippen LogP contribution in [0.25, 0.3) is 11.2 Å². The first kappa shape index (κ1) is 18.6. The minimum absolute atomic E-state index is 0.0764. The zero-order valence-corrected chi connectivity index (χ0v) is 14.6. The van der Waals surface area contributed by atoms with Crippen molar-refractivity contribution in [2.45, 2.75) is 50.2 Å². The third-order valence-corrected chi connectivity index (χ3v) is 4.64. The smallest absolute Gasteiger partial charge is 0.245 e. The highest BCUT2D eigenvalue weighted by atomic mass is 16.6. The van der Waals surface area contributed by atoms with E-state index in [0.29, 0.717) is 11.9 Å². The van der Waals surface area contributed by atoms with E-state index in [2.05, 4.69) is 15.0 Å². The zero-order chi connectivity index (χ0) is 18.9. The Morgan fingerprint density at radius 3 is 2.85 bits per heavy atom. The summed E-state index contributed by atoms with van der Waals surface area (Å²) in [4.78, 5) is 24.9. The molecule has 2 aromatic heterocycles. The average Bonchev–Trinajstić information content (AvgIpc) is 3.19. The number of ketones is 1. The quantitative estimate of drug-likeness (QED) is 0.595. The van der Waals surface area contributed by atoms with Crippen molar-refractivity contribution in [3.05, 3.63) is 12.7 Å². The van der Waals surface area contributed by atoms with Crippen LogP contribution in [0, 0.1) is 0 Å². The Morgan fingerprint density at radius 1 is 1.42 bits per heavy atom. The second kappa shape index (κ2) is 7.23. The number of hydrogen-bond acceptors (Lipinski definition) is 9. The topological polar surface area (TPSA) is 140 Å². The number of methoxy groups -OCH3 is 1. The van der Waals surface area contributed by atoms with Gasteiger partial charge in [-0.3, -0.25) is 9.36 Å². The van der Waals surface area contributed by atoms with Gasteiger partial charge in [0.25, 0.3) is 0 Å². The maximum atomic E-state index is 12.7. The Morgan fingerprint density at radius 2 is 2.19 bits per heavy atom. The Hall–Kier alpha value is -2.14. The monoisotopic (exact) mass is 366 g/mol. The number of aliphatic hydroxyl groups is 3. The van der Waals surface area contributed by atoms with Gasteiger partial charge in [0.2, 0.25) is 5.88 Å². The maximum absolute atomic E-state index is 12.7. The number of fused-ring (bicyclic) bond motifs is 1. The summed E-state index contributed by atoms with van der Waals surface area (Å²) in [6, 6.07) is 0. The molecule has 4 atom stereocenters. The standard InChI is InChI=1S/C16H22N4O6/c1-3-4-5-10(22)16(24)12(23)9(6-21)26-15(16)20-8-19-11-13(20)17-7-18-14(11)25-2/h7-9,12,15,21,23-24H,3-6H2,1-2H3/t9-,12-,15-,16+/m1/s1. The molecule has 1 aliphatic rings. The molecule has 3 rings (SSSR count). The molecule has 10 heteroatoms. The van der Waals surface area contributed by atoms with Crippen molar-refractivity contribution in [2.24, 2.45) is 0 Å². The van der Waals surface area contributed by atoms with E-state index >= 15 is 0 Å². The Labute approximate surface area is 149 Å². The van der Waals surface area contributed by atoms with Gasteiger partial charge in [-0.1, -0.05) is 13.3 Å². The fraction of sp³-hybridized carbons (Fsp3) is 0.625. The molecule has 26 heavy (non-hydrogen) atoms. The molecule has 0 aromatic carbocycles. The van der Waals surface area contributed by atoms with Crippen LogP contribution in [0.2, 0.25) is 0 Å². The molecule has 10 nitrogen and oxygen atoms in total. The number of nitrogens with zero attached hydrogens (tertiary/aromatic N) is 4. The third-order valence-electron chi connectivity index (χ3n) is 4.64. The molecule has 0 saturated carbocycles. The summed E-state index contributed by atoms with van der Waals surface area (Å²) in [7, 11) is 1.43. The van der Waals surface area contributed by atoms with E-state index < -0.39 is 36.4 Å². The molecule has 0 radical (unpaired) electrons. The summed E-state index contributed by atoms with van der Waals surface area (Å²) in [5.74, 6) is -0.331. The number of Topliss-reactive ketones (excluding diaryl/α,β-unsaturated/α-hetero) is 1. The van der Waals surface area contributed by atoms with Crippen LogP contribution in [0.3, 0.4) is 0 Å². The number of aromatic nitrogens is 4. The molecule has 1 fully saturated rings. The van der Waals surface area contributed by atoms with Crippen molar-refractivity contribution in [1.82, 2.24) is 19.5 Å². The molecular weight excluding hydrogens is 344 g/mol. The second-order valence-electron chi connectivity index (χ2n) is 6.21. The largest absolute Gasteiger partial charge is 0.479 e. The number of rotatable bonds is 7. The van der Waals surface area contributed by atoms with Gasteiger partial charge in [0.15, 0.2) is 28.8 Å². The van der Waals surface area contributed by atoms with Crippen molar-refractivity contribution < 1.29 is 29.6 Å². The van der Waals surface area contributed by atoms with Gasteiger partial charge in [-0.05, 0) is 6.42 Å². The molecule has 3 N–H and O–H groups in total. The van der Waals surface area contributed by atoms with E-state index in [0.717, 1.165) is 6.42 Å². The number of carbonyl (C=O) groups excluding carboxylic acids is 1. The molecule has 3 heterocycles. The van der Waals surface area contributed by atoms with E-state index in [-0.39, 0.29) is 17.9 Å². The lowest BCUT2D eigenvalue weighted by Crippen LogP contribution is -2.53. The molecule has 2 aromatic rings. The van der Waals surface area contributed by atoms with Crippen molar-refractivity contribution >= 4 is 16.9 Å². The molecule has 0 bridgehead atoms. The van der Waals surface area contributed by atoms with Crippen LogP contribution in [0.4, 0.5) is 0 Å². The normalized spacial score (nSPS) is 28.6. The molecule has 0 unspecified atom stereocenters. The summed E-state index contributed by atoms with van der Waals surface area (Å²) >= 11 is 0. The zero-order valence-electron chi connectivity index (χ0n) is 14.6. The van der Waals surface area contributed by atoms with Gasteiger partial charge in [0.1, 0.15) is 18.5 Å². The SMILES string of the molecule is CCCCC(=O)[C@]1(O)[C@H](O)[C@@H](CO)O[C@H]1n1cnc2c(OC)ncnc21. The Kier molecular flexibility index (Phi) is 5.19. The summed E-state index contributed by atoms with van der Waals surface area (Å²) in [5, 5.41) is 31.0. The first-order valence-corrected chi connectivity index (χ1v) is 8.40. The minimum atomic E-state index is -2.23. The van der Waals surface area contributed by atoms with Gasteiger partial charge in [-0.15, -0.1) is 0 Å². The first-order valence-electron chi connectivity index (χ1n) is 8.40. The number of imidazole rings is 1. The van der Waals surface area contributed by atoms with Gasteiger partial charge >= 0.3 is 0 Å². The van der Waals surface area contributed by atoms with Crippen LogP contribution >= 0.6 is 0 Å². The predicted octanol–water partition coefficient (Wildman–Crippen LogP) is -0.424. The van der Waals surface area contributed by atoms with Crippen LogP contribution in [-0.4, -0.2) is 72.1 Å².